The van der Waals surface area contributed by atoms with Crippen molar-refractivity contribution in [1.29, 1.82) is 0 Å². The number of thiazole rings is 1. The Labute approximate surface area is 404 Å². The summed E-state index contributed by atoms with van der Waals surface area (Å²) in [7, 11) is 0. The van der Waals surface area contributed by atoms with Gasteiger partial charge in [-0.25, -0.2) is 4.98 Å². The van der Waals surface area contributed by atoms with Crippen LogP contribution in [-0.4, -0.2) is 16.4 Å². The van der Waals surface area contributed by atoms with Crippen molar-refractivity contribution in [3.63, 3.8) is 0 Å². The third kappa shape index (κ3) is 5.57. The van der Waals surface area contributed by atoms with Crippen LogP contribution in [0.15, 0.2) is 144 Å². The third-order valence-corrected chi connectivity index (χ3v) is 17.3. The number of fused-ring (bicyclic) bond motifs is 17. The third-order valence-electron chi connectivity index (χ3n) is 15.1. The van der Waals surface area contributed by atoms with Gasteiger partial charge < -0.3 is 13.8 Å². The van der Waals surface area contributed by atoms with Crippen LogP contribution in [0, 0.1) is 0 Å². The Morgan fingerprint density at radius 1 is 0.544 bits per heavy atom. The zero-order chi connectivity index (χ0) is 46.3. The van der Waals surface area contributed by atoms with Crippen LogP contribution in [0.1, 0.15) is 79.0 Å². The van der Waals surface area contributed by atoms with E-state index in [0.717, 1.165) is 43.7 Å². The monoisotopic (exact) mass is 915 g/mol. The van der Waals surface area contributed by atoms with Gasteiger partial charge in [0.1, 0.15) is 16.2 Å². The number of thiophene rings is 1. The number of nitrogens with zero attached hydrogens (tertiary/aromatic N) is 3. The van der Waals surface area contributed by atoms with Crippen LogP contribution in [0.5, 0.6) is 0 Å². The van der Waals surface area contributed by atoms with Gasteiger partial charge in [-0.05, 0) is 110 Å². The van der Waals surface area contributed by atoms with E-state index >= 15 is 0 Å². The van der Waals surface area contributed by atoms with E-state index in [-0.39, 0.29) is 23.1 Å². The first-order chi connectivity index (χ1) is 32.6. The van der Waals surface area contributed by atoms with Gasteiger partial charge >= 0.3 is 6.85 Å². The van der Waals surface area contributed by atoms with Crippen LogP contribution >= 0.6 is 22.7 Å². The highest BCUT2D eigenvalue weighted by molar-refractivity contribution is 7.27. The normalized spacial score (nSPS) is 13.9. The van der Waals surface area contributed by atoms with Crippen LogP contribution in [0.4, 0.5) is 11.4 Å². The van der Waals surface area contributed by atoms with E-state index in [9.17, 15) is 0 Å². The molecule has 2 aliphatic rings. The van der Waals surface area contributed by atoms with Crippen molar-refractivity contribution in [2.45, 2.75) is 78.6 Å². The van der Waals surface area contributed by atoms with Crippen molar-refractivity contribution in [3.05, 3.63) is 156 Å². The molecule has 2 aliphatic heterocycles. The van der Waals surface area contributed by atoms with Crippen molar-refractivity contribution >= 4 is 126 Å². The van der Waals surface area contributed by atoms with Gasteiger partial charge in [-0.3, -0.25) is 0 Å². The smallest absolute Gasteiger partial charge is 0.333 e. The minimum absolute atomic E-state index is 0.00740. The Balaban J connectivity index is 1.19. The molecule has 12 aromatic rings. The summed E-state index contributed by atoms with van der Waals surface area (Å²) >= 11 is 3.73. The molecule has 0 fully saturated rings. The summed E-state index contributed by atoms with van der Waals surface area (Å²) in [5.74, 6) is 0. The van der Waals surface area contributed by atoms with Gasteiger partial charge in [0.15, 0.2) is 0 Å². The van der Waals surface area contributed by atoms with Gasteiger partial charge in [-0.1, -0.05) is 141 Å². The predicted molar refractivity (Wildman–Crippen MR) is 295 cm³/mol. The lowest BCUT2D eigenvalue weighted by molar-refractivity contribution is 0.587. The second-order valence-corrected chi connectivity index (χ2v) is 24.5. The minimum atomic E-state index is -0.174. The number of anilines is 2. The molecule has 0 aliphatic carbocycles. The Kier molecular flexibility index (Phi) is 8.04. The first-order valence-electron chi connectivity index (χ1n) is 24.0. The molecule has 4 aromatic heterocycles. The highest BCUT2D eigenvalue weighted by Crippen LogP contribution is 2.54. The second kappa shape index (κ2) is 13.5. The summed E-state index contributed by atoms with van der Waals surface area (Å²) in [6.07, 6.45) is 0. The van der Waals surface area contributed by atoms with E-state index in [2.05, 4.69) is 211 Å². The molecule has 14 rings (SSSR count). The first-order valence-corrected chi connectivity index (χ1v) is 25.6. The topological polar surface area (TPSA) is 34.2 Å². The van der Waals surface area contributed by atoms with Crippen LogP contribution in [0.3, 0.4) is 0 Å². The number of aromatic nitrogens is 2. The number of benzene rings is 8. The average Bonchev–Trinajstić information content (AvgIpc) is 4.09. The van der Waals surface area contributed by atoms with E-state index in [1.54, 1.807) is 11.3 Å². The molecule has 330 valence electrons. The number of rotatable bonds is 2. The molecule has 8 aromatic carbocycles. The number of hydrogen-bond donors (Lipinski definition) is 0. The van der Waals surface area contributed by atoms with Crippen molar-refractivity contribution in [2.24, 2.45) is 0 Å². The summed E-state index contributed by atoms with van der Waals surface area (Å²) in [5.41, 5.74) is 19.1. The predicted octanol–water partition coefficient (Wildman–Crippen LogP) is 16.5. The van der Waals surface area contributed by atoms with Crippen LogP contribution in [-0.2, 0) is 16.2 Å². The van der Waals surface area contributed by atoms with Gasteiger partial charge in [0.2, 0.25) is 0 Å². The van der Waals surface area contributed by atoms with Gasteiger partial charge in [0.05, 0.1) is 21.3 Å². The Bertz CT molecular complexity index is 4150. The Morgan fingerprint density at radius 2 is 1.24 bits per heavy atom. The lowest BCUT2D eigenvalue weighted by Gasteiger charge is -2.42. The molecule has 68 heavy (non-hydrogen) atoms. The van der Waals surface area contributed by atoms with Crippen molar-refractivity contribution in [1.82, 2.24) is 9.55 Å². The Hall–Kier alpha value is -6.67. The Morgan fingerprint density at radius 3 is 2.00 bits per heavy atom. The molecule has 0 radical (unpaired) electrons. The fourth-order valence-corrected chi connectivity index (χ4v) is 13.8. The number of hydrogen-bond acceptors (Lipinski definition) is 5. The number of furan rings is 1. The van der Waals surface area contributed by atoms with Gasteiger partial charge in [-0.2, -0.15) is 0 Å². The van der Waals surface area contributed by atoms with Crippen LogP contribution in [0.25, 0.3) is 102 Å². The fraction of sp³-hybridized carbons (Fsp3) is 0.197. The lowest BCUT2D eigenvalue weighted by Crippen LogP contribution is -2.60. The molecule has 7 heteroatoms. The lowest BCUT2D eigenvalue weighted by atomic mass is 9.43. The fourth-order valence-electron chi connectivity index (χ4n) is 11.5. The van der Waals surface area contributed by atoms with Crippen molar-refractivity contribution < 1.29 is 4.42 Å². The van der Waals surface area contributed by atoms with Gasteiger partial charge in [0.25, 0.3) is 0 Å². The van der Waals surface area contributed by atoms with Crippen molar-refractivity contribution in [3.8, 4) is 27.4 Å². The molecule has 0 atom stereocenters. The summed E-state index contributed by atoms with van der Waals surface area (Å²) in [4.78, 5) is 8.10. The SMILES string of the molecule is CC(C)(C)c1ccc(N2B3c4cc5nc(-c6ccccc6)sc5cc4-n4c5ccc(C(C)(C)C)cc5c5c6sc7ccccc7c6c(c3c54)-c3cc4oc5cc(C(C)(C)C)ccc5c4cc32)cc1. The minimum Gasteiger partial charge on any atom is -0.456 e. The van der Waals surface area contributed by atoms with Crippen molar-refractivity contribution in [2.75, 3.05) is 4.81 Å². The molecular weight excluding hydrogens is 866 g/mol. The molecule has 0 bridgehead atoms. The molecule has 6 heterocycles. The summed E-state index contributed by atoms with van der Waals surface area (Å²) < 4.78 is 13.5. The van der Waals surface area contributed by atoms with E-state index < -0.39 is 0 Å². The maximum atomic E-state index is 7.00. The molecule has 0 saturated heterocycles. The first kappa shape index (κ1) is 40.4. The van der Waals surface area contributed by atoms with Crippen LogP contribution < -0.4 is 15.7 Å². The molecule has 0 N–H and O–H groups in total. The second-order valence-electron chi connectivity index (χ2n) is 22.4. The van der Waals surface area contributed by atoms with E-state index in [1.165, 1.54) is 96.8 Å². The largest absolute Gasteiger partial charge is 0.456 e. The summed E-state index contributed by atoms with van der Waals surface area (Å²) in [6.45, 7) is 20.6. The highest BCUT2D eigenvalue weighted by atomic mass is 32.1. The molecule has 0 spiro atoms. The molecule has 0 amide bonds. The van der Waals surface area contributed by atoms with Gasteiger partial charge in [-0.15, -0.1) is 22.7 Å². The van der Waals surface area contributed by atoms with Gasteiger partial charge in [0, 0.05) is 69.9 Å². The van der Waals surface area contributed by atoms with E-state index in [0.29, 0.717) is 0 Å². The standard InChI is InChI=1S/C61H50BN3OS2/c1-59(2,3)34-19-23-37(24-20-34)65-46-29-40-38-25-21-36(61(7,8)9)28-48(38)66-49(40)30-42(46)52-53-39-17-13-14-18-50(39)67-57(53)54-41-27-35(60(4,5)6)22-26-45(41)64-47-32-51-44(31-43(47)62(65)55(52)56(54)64)63-58(68-51)33-15-11-10-12-16-33/h10-32H,1-9H3. The van der Waals surface area contributed by atoms with Crippen LogP contribution in [0.2, 0.25) is 0 Å². The highest BCUT2D eigenvalue weighted by Gasteiger charge is 2.46. The quantitative estimate of drug-likeness (QED) is 0.162. The molecule has 4 nitrogen and oxygen atoms in total. The molecule has 0 saturated carbocycles. The summed E-state index contributed by atoms with van der Waals surface area (Å²) in [6, 6.07) is 53.0. The van der Waals surface area contributed by atoms with E-state index in [4.69, 9.17) is 9.40 Å². The molecular formula is C61H50BN3OS2. The summed E-state index contributed by atoms with van der Waals surface area (Å²) in [5, 5.41) is 8.60. The maximum absolute atomic E-state index is 7.00. The zero-order valence-corrected chi connectivity index (χ0v) is 41.6. The average molecular weight is 916 g/mol. The maximum Gasteiger partial charge on any atom is 0.333 e. The molecule has 0 unspecified atom stereocenters. The zero-order valence-electron chi connectivity index (χ0n) is 39.9. The van der Waals surface area contributed by atoms with E-state index in [1.807, 2.05) is 11.3 Å².